The molecule has 206 valence electrons. The Balaban J connectivity index is 1.57. The molecule has 6 rings (SSSR count). The van der Waals surface area contributed by atoms with Crippen LogP contribution < -0.4 is 0 Å². The quantitative estimate of drug-likeness (QED) is 0.215. The van der Waals surface area contributed by atoms with Gasteiger partial charge in [-0.1, -0.05) is 86.5 Å². The normalized spacial score (nSPS) is 24.5. The number of benzene rings is 4. The molecule has 2 aliphatic rings. The molecule has 1 fully saturated rings. The van der Waals surface area contributed by atoms with Crippen molar-refractivity contribution >= 4 is 58.5 Å². The van der Waals surface area contributed by atoms with Gasteiger partial charge in [0.15, 0.2) is 9.84 Å². The summed E-state index contributed by atoms with van der Waals surface area (Å²) in [6.45, 7) is 1.73. The lowest BCUT2D eigenvalue weighted by Crippen LogP contribution is -2.49. The summed E-state index contributed by atoms with van der Waals surface area (Å²) in [7, 11) is -4.24. The summed E-state index contributed by atoms with van der Waals surface area (Å²) in [6.07, 6.45) is 0.536. The van der Waals surface area contributed by atoms with Crippen molar-refractivity contribution in [3.8, 4) is 0 Å². The first-order chi connectivity index (χ1) is 18.9. The van der Waals surface area contributed by atoms with Gasteiger partial charge in [0.2, 0.25) is 0 Å². The minimum atomic E-state index is -4.65. The number of alkyl halides is 3. The second kappa shape index (κ2) is 9.85. The fraction of sp³-hybridized carbons (Fsp3) is 0.250. The van der Waals surface area contributed by atoms with Gasteiger partial charge in [0.1, 0.15) is 0 Å². The smallest absolute Gasteiger partial charge is 0.223 e. The predicted octanol–water partition coefficient (Wildman–Crippen LogP) is 9.92. The molecular formula is C32H25Br2F3O2S. The first-order valence-electron chi connectivity index (χ1n) is 13.0. The van der Waals surface area contributed by atoms with E-state index in [2.05, 4.69) is 44.0 Å². The van der Waals surface area contributed by atoms with Crippen LogP contribution in [0.2, 0.25) is 0 Å². The van der Waals surface area contributed by atoms with Crippen molar-refractivity contribution in [1.82, 2.24) is 0 Å². The van der Waals surface area contributed by atoms with E-state index in [9.17, 15) is 21.6 Å². The number of sulfone groups is 1. The molecule has 0 spiro atoms. The molecule has 0 aliphatic heterocycles. The molecule has 1 saturated carbocycles. The van der Waals surface area contributed by atoms with Gasteiger partial charge in [-0.3, -0.25) is 0 Å². The molecule has 0 amide bonds. The molecule has 0 heterocycles. The van der Waals surface area contributed by atoms with E-state index in [1.807, 2.05) is 54.6 Å². The first kappa shape index (κ1) is 27.7. The first-order valence-corrected chi connectivity index (χ1v) is 16.0. The highest BCUT2D eigenvalue weighted by molar-refractivity contribution is 9.11. The van der Waals surface area contributed by atoms with E-state index in [1.54, 1.807) is 6.92 Å². The molecule has 40 heavy (non-hydrogen) atoms. The van der Waals surface area contributed by atoms with Crippen molar-refractivity contribution in [3.05, 3.63) is 116 Å². The van der Waals surface area contributed by atoms with Crippen LogP contribution in [-0.2, 0) is 16.0 Å². The third kappa shape index (κ3) is 4.47. The molecule has 8 heteroatoms. The largest absolute Gasteiger partial charge is 0.416 e. The second-order valence-corrected chi connectivity index (χ2v) is 15.1. The van der Waals surface area contributed by atoms with Crippen molar-refractivity contribution in [3.63, 3.8) is 0 Å². The lowest BCUT2D eigenvalue weighted by molar-refractivity contribution is -0.137. The maximum absolute atomic E-state index is 14.6. The molecule has 0 radical (unpaired) electrons. The Hall–Kier alpha value is -2.42. The van der Waals surface area contributed by atoms with E-state index < -0.39 is 32.2 Å². The number of hydrogen-bond donors (Lipinski definition) is 0. The number of halogens is 5. The Bertz CT molecular complexity index is 1780. The molecule has 0 N–H and O–H groups in total. The molecule has 4 aromatic carbocycles. The number of fused-ring (bicyclic) bond motifs is 5. The summed E-state index contributed by atoms with van der Waals surface area (Å²) in [4.78, 5) is -0.297. The van der Waals surface area contributed by atoms with E-state index in [4.69, 9.17) is 0 Å². The zero-order valence-electron chi connectivity index (χ0n) is 21.4. The van der Waals surface area contributed by atoms with Crippen LogP contribution in [0.1, 0.15) is 53.9 Å². The summed E-state index contributed by atoms with van der Waals surface area (Å²) in [5.74, 6) is -0.687. The molecular weight excluding hydrogens is 665 g/mol. The summed E-state index contributed by atoms with van der Waals surface area (Å²) in [5, 5.41) is 2.09. The Labute approximate surface area is 248 Å². The van der Waals surface area contributed by atoms with Gasteiger partial charge < -0.3 is 0 Å². The summed E-state index contributed by atoms with van der Waals surface area (Å²) < 4.78 is 70.6. The number of hydrogen-bond acceptors (Lipinski definition) is 2. The lowest BCUT2D eigenvalue weighted by atomic mass is 9.61. The van der Waals surface area contributed by atoms with Crippen LogP contribution in [0.25, 0.3) is 16.8 Å². The van der Waals surface area contributed by atoms with Crippen molar-refractivity contribution in [2.75, 3.05) is 0 Å². The van der Waals surface area contributed by atoms with Gasteiger partial charge in [-0.05, 0) is 95.5 Å². The SMILES string of the molecule is CC1(S(=O)(=O)c2cccc(C(F)(F)F)c2)CC(c2cc(Br)ccc2Br)CC2C=Cc3c(ccc4ccccc34)C21. The Morgan fingerprint density at radius 3 is 2.45 bits per heavy atom. The van der Waals surface area contributed by atoms with Gasteiger partial charge in [0.05, 0.1) is 15.2 Å². The van der Waals surface area contributed by atoms with Crippen molar-refractivity contribution in [1.29, 1.82) is 0 Å². The molecule has 0 bridgehead atoms. The van der Waals surface area contributed by atoms with Crippen LogP contribution in [0.5, 0.6) is 0 Å². The van der Waals surface area contributed by atoms with E-state index in [0.29, 0.717) is 0 Å². The number of allylic oxidation sites excluding steroid dienone is 1. The second-order valence-electron chi connectivity index (χ2n) is 10.9. The van der Waals surface area contributed by atoms with Crippen LogP contribution in [-0.4, -0.2) is 13.2 Å². The van der Waals surface area contributed by atoms with Crippen LogP contribution in [0.3, 0.4) is 0 Å². The molecule has 4 unspecified atom stereocenters. The number of rotatable bonds is 3. The Kier molecular flexibility index (Phi) is 6.83. The lowest BCUT2D eigenvalue weighted by Gasteiger charge is -2.50. The molecule has 4 atom stereocenters. The molecule has 0 aromatic heterocycles. The van der Waals surface area contributed by atoms with Crippen LogP contribution in [0, 0.1) is 5.92 Å². The fourth-order valence-corrected chi connectivity index (χ4v) is 9.89. The zero-order chi connectivity index (χ0) is 28.4. The highest BCUT2D eigenvalue weighted by atomic mass is 79.9. The van der Waals surface area contributed by atoms with Gasteiger partial charge >= 0.3 is 6.18 Å². The van der Waals surface area contributed by atoms with E-state index in [-0.39, 0.29) is 23.2 Å². The van der Waals surface area contributed by atoms with E-state index >= 15 is 0 Å². The third-order valence-electron chi connectivity index (χ3n) is 8.63. The van der Waals surface area contributed by atoms with Gasteiger partial charge in [-0.15, -0.1) is 0 Å². The van der Waals surface area contributed by atoms with Crippen LogP contribution in [0.4, 0.5) is 13.2 Å². The summed E-state index contributed by atoms with van der Waals surface area (Å²) in [5.41, 5.74) is 1.92. The topological polar surface area (TPSA) is 34.1 Å². The van der Waals surface area contributed by atoms with Gasteiger partial charge in [-0.2, -0.15) is 13.2 Å². The Morgan fingerprint density at radius 1 is 0.900 bits per heavy atom. The highest BCUT2D eigenvalue weighted by Gasteiger charge is 2.55. The fourth-order valence-electron chi connectivity index (χ4n) is 6.81. The summed E-state index contributed by atoms with van der Waals surface area (Å²) >= 11 is 7.21. The maximum Gasteiger partial charge on any atom is 0.416 e. The Morgan fingerprint density at radius 2 is 1.68 bits per heavy atom. The maximum atomic E-state index is 14.6. The molecule has 0 saturated heterocycles. The van der Waals surface area contributed by atoms with Gasteiger partial charge in [0, 0.05) is 14.9 Å². The molecule has 4 aromatic rings. The van der Waals surface area contributed by atoms with E-state index in [0.717, 1.165) is 55.0 Å². The van der Waals surface area contributed by atoms with E-state index in [1.165, 1.54) is 12.1 Å². The van der Waals surface area contributed by atoms with Gasteiger partial charge in [0.25, 0.3) is 0 Å². The molecule has 2 nitrogen and oxygen atoms in total. The monoisotopic (exact) mass is 688 g/mol. The van der Waals surface area contributed by atoms with Crippen molar-refractivity contribution in [2.24, 2.45) is 5.92 Å². The highest BCUT2D eigenvalue weighted by Crippen LogP contribution is 2.58. The van der Waals surface area contributed by atoms with Crippen LogP contribution >= 0.6 is 31.9 Å². The average Bonchev–Trinajstić information content (AvgIpc) is 2.93. The average molecular weight is 690 g/mol. The zero-order valence-corrected chi connectivity index (χ0v) is 25.4. The predicted molar refractivity (Wildman–Crippen MR) is 160 cm³/mol. The van der Waals surface area contributed by atoms with Crippen LogP contribution in [0.15, 0.2) is 98.8 Å². The van der Waals surface area contributed by atoms with Crippen molar-refractivity contribution < 1.29 is 21.6 Å². The minimum Gasteiger partial charge on any atom is -0.223 e. The summed E-state index contributed by atoms with van der Waals surface area (Å²) in [6, 6.07) is 22.0. The third-order valence-corrected chi connectivity index (χ3v) is 12.4. The van der Waals surface area contributed by atoms with Gasteiger partial charge in [-0.25, -0.2) is 8.42 Å². The minimum absolute atomic E-state index is 0.121. The molecule has 2 aliphatic carbocycles. The standard InChI is InChI=1S/C32H25Br2F3O2S/c1-31(40(38,39)24-7-4-6-22(16-24)32(35,36)37)18-21(28-17-23(33)11-14-29(28)34)15-20-10-12-26-25-8-3-2-5-19(25)9-13-27(26)30(20)31/h2-14,16-17,20-21,30H,15,18H2,1H3. The van der Waals surface area contributed by atoms with Crippen molar-refractivity contribution in [2.45, 2.75) is 47.4 Å².